The van der Waals surface area contributed by atoms with Crippen molar-refractivity contribution in [2.24, 2.45) is 22.2 Å². The van der Waals surface area contributed by atoms with E-state index in [0.29, 0.717) is 12.3 Å². The maximum Gasteiger partial charge on any atom is 0.221 e. The average molecular weight is 283 g/mol. The number of amidine groups is 1. The molecule has 0 saturated heterocycles. The first-order valence-electron chi connectivity index (χ1n) is 7.51. The molecular weight excluding hydrogens is 254 g/mol. The van der Waals surface area contributed by atoms with Crippen molar-refractivity contribution in [2.45, 2.75) is 71.8 Å². The topological polar surface area (TPSA) is 87.7 Å². The normalized spacial score (nSPS) is 28.2. The summed E-state index contributed by atoms with van der Waals surface area (Å²) in [5.74, 6) is 0.780. The van der Waals surface area contributed by atoms with Gasteiger partial charge in [0.1, 0.15) is 5.54 Å². The second kappa shape index (κ2) is 6.46. The first-order chi connectivity index (χ1) is 9.22. The SMILES string of the molecule is CCC1CCC(NC(=O)CC(C)(C)C)(/C(N)=N/O)CC1. The maximum absolute atomic E-state index is 12.2. The molecule has 0 spiro atoms. The van der Waals surface area contributed by atoms with Gasteiger partial charge in [0.15, 0.2) is 5.84 Å². The zero-order valence-electron chi connectivity index (χ0n) is 13.2. The predicted molar refractivity (Wildman–Crippen MR) is 80.6 cm³/mol. The van der Waals surface area contributed by atoms with Crippen LogP contribution < -0.4 is 11.1 Å². The summed E-state index contributed by atoms with van der Waals surface area (Å²) in [6.07, 6.45) is 5.08. The van der Waals surface area contributed by atoms with Crippen molar-refractivity contribution in [3.8, 4) is 0 Å². The molecule has 0 radical (unpaired) electrons. The standard InChI is InChI=1S/C15H29N3O2/c1-5-11-6-8-15(9-7-11,13(16)18-20)17-12(19)10-14(2,3)4/h11,20H,5-10H2,1-4H3,(H2,16,18)(H,17,19). The van der Waals surface area contributed by atoms with Crippen LogP contribution in [-0.2, 0) is 4.79 Å². The molecule has 0 heterocycles. The molecule has 1 saturated carbocycles. The van der Waals surface area contributed by atoms with Crippen molar-refractivity contribution in [2.75, 3.05) is 0 Å². The van der Waals surface area contributed by atoms with Crippen LogP contribution in [-0.4, -0.2) is 22.5 Å². The number of hydrogen-bond acceptors (Lipinski definition) is 3. The number of nitrogens with one attached hydrogen (secondary N) is 1. The number of nitrogens with two attached hydrogens (primary N) is 1. The minimum atomic E-state index is -0.664. The van der Waals surface area contributed by atoms with Gasteiger partial charge < -0.3 is 16.3 Å². The van der Waals surface area contributed by atoms with E-state index in [1.807, 2.05) is 20.8 Å². The molecule has 0 aromatic carbocycles. The molecule has 1 amide bonds. The number of amides is 1. The van der Waals surface area contributed by atoms with E-state index in [-0.39, 0.29) is 17.2 Å². The third kappa shape index (κ3) is 4.39. The van der Waals surface area contributed by atoms with Crippen LogP contribution in [0.4, 0.5) is 0 Å². The highest BCUT2D eigenvalue weighted by molar-refractivity contribution is 5.94. The summed E-state index contributed by atoms with van der Waals surface area (Å²) in [5.41, 5.74) is 5.13. The molecule has 1 rings (SSSR count). The molecule has 116 valence electrons. The van der Waals surface area contributed by atoms with Crippen LogP contribution >= 0.6 is 0 Å². The van der Waals surface area contributed by atoms with Crippen molar-refractivity contribution in [1.82, 2.24) is 5.32 Å². The van der Waals surface area contributed by atoms with Gasteiger partial charge in [0.05, 0.1) is 0 Å². The van der Waals surface area contributed by atoms with E-state index in [9.17, 15) is 4.79 Å². The van der Waals surface area contributed by atoms with Gasteiger partial charge >= 0.3 is 0 Å². The summed E-state index contributed by atoms with van der Waals surface area (Å²) in [7, 11) is 0. The molecule has 1 aliphatic rings. The van der Waals surface area contributed by atoms with Crippen LogP contribution in [0.3, 0.4) is 0 Å². The fourth-order valence-electron chi connectivity index (χ4n) is 2.91. The highest BCUT2D eigenvalue weighted by Gasteiger charge is 2.40. The Labute approximate surface area is 122 Å². The molecule has 0 unspecified atom stereocenters. The lowest BCUT2D eigenvalue weighted by molar-refractivity contribution is -0.124. The van der Waals surface area contributed by atoms with Crippen molar-refractivity contribution >= 4 is 11.7 Å². The van der Waals surface area contributed by atoms with Crippen LogP contribution in [0.5, 0.6) is 0 Å². The quantitative estimate of drug-likeness (QED) is 0.321. The second-order valence-electron chi connectivity index (χ2n) is 7.20. The van der Waals surface area contributed by atoms with Gasteiger partial charge in [-0.3, -0.25) is 4.79 Å². The molecule has 1 aliphatic carbocycles. The predicted octanol–water partition coefficient (Wildman–Crippen LogP) is 2.62. The van der Waals surface area contributed by atoms with E-state index in [4.69, 9.17) is 10.9 Å². The van der Waals surface area contributed by atoms with E-state index in [1.165, 1.54) is 0 Å². The lowest BCUT2D eigenvalue weighted by Crippen LogP contribution is -2.59. The van der Waals surface area contributed by atoms with Crippen LogP contribution in [0.15, 0.2) is 5.16 Å². The highest BCUT2D eigenvalue weighted by Crippen LogP contribution is 2.34. The van der Waals surface area contributed by atoms with Gasteiger partial charge in [-0.1, -0.05) is 39.3 Å². The Morgan fingerprint density at radius 1 is 1.40 bits per heavy atom. The van der Waals surface area contributed by atoms with Crippen LogP contribution in [0.1, 0.15) is 66.2 Å². The molecular formula is C15H29N3O2. The van der Waals surface area contributed by atoms with Crippen LogP contribution in [0.2, 0.25) is 0 Å². The minimum absolute atomic E-state index is 0.0287. The molecule has 0 bridgehead atoms. The maximum atomic E-state index is 12.2. The van der Waals surface area contributed by atoms with Gasteiger partial charge in [-0.05, 0) is 37.0 Å². The van der Waals surface area contributed by atoms with Gasteiger partial charge in [-0.2, -0.15) is 0 Å². The second-order valence-corrected chi connectivity index (χ2v) is 7.20. The first kappa shape index (κ1) is 16.8. The molecule has 5 nitrogen and oxygen atoms in total. The van der Waals surface area contributed by atoms with Gasteiger partial charge in [0, 0.05) is 6.42 Å². The number of nitrogens with zero attached hydrogens (tertiary/aromatic N) is 1. The Morgan fingerprint density at radius 3 is 2.35 bits per heavy atom. The number of hydrogen-bond donors (Lipinski definition) is 3. The van der Waals surface area contributed by atoms with Gasteiger partial charge in [0.2, 0.25) is 5.91 Å². The molecule has 0 atom stereocenters. The van der Waals surface area contributed by atoms with E-state index >= 15 is 0 Å². The Kier molecular flexibility index (Phi) is 5.42. The van der Waals surface area contributed by atoms with Crippen molar-refractivity contribution in [3.05, 3.63) is 0 Å². The number of carbonyl (C=O) groups excluding carboxylic acids is 1. The Hall–Kier alpha value is -1.26. The van der Waals surface area contributed by atoms with Crippen molar-refractivity contribution in [1.29, 1.82) is 0 Å². The van der Waals surface area contributed by atoms with E-state index in [0.717, 1.165) is 32.1 Å². The Balaban J connectivity index is 2.79. The first-order valence-corrected chi connectivity index (χ1v) is 7.51. The minimum Gasteiger partial charge on any atom is -0.409 e. The Morgan fingerprint density at radius 2 is 1.95 bits per heavy atom. The third-order valence-electron chi connectivity index (χ3n) is 4.20. The molecule has 20 heavy (non-hydrogen) atoms. The molecule has 4 N–H and O–H groups in total. The summed E-state index contributed by atoms with van der Waals surface area (Å²) in [6.45, 7) is 8.25. The third-order valence-corrected chi connectivity index (χ3v) is 4.20. The van der Waals surface area contributed by atoms with E-state index in [1.54, 1.807) is 0 Å². The van der Waals surface area contributed by atoms with Crippen LogP contribution in [0.25, 0.3) is 0 Å². The molecule has 0 aliphatic heterocycles. The summed E-state index contributed by atoms with van der Waals surface area (Å²) in [4.78, 5) is 12.2. The smallest absolute Gasteiger partial charge is 0.221 e. The summed E-state index contributed by atoms with van der Waals surface area (Å²) in [6, 6.07) is 0. The van der Waals surface area contributed by atoms with Gasteiger partial charge in [0.25, 0.3) is 0 Å². The number of rotatable bonds is 4. The van der Waals surface area contributed by atoms with Gasteiger partial charge in [-0.25, -0.2) is 0 Å². The zero-order valence-corrected chi connectivity index (χ0v) is 13.2. The lowest BCUT2D eigenvalue weighted by Gasteiger charge is -2.40. The van der Waals surface area contributed by atoms with Crippen molar-refractivity contribution < 1.29 is 10.0 Å². The summed E-state index contributed by atoms with van der Waals surface area (Å²) >= 11 is 0. The average Bonchev–Trinajstić information content (AvgIpc) is 2.36. The number of oxime groups is 1. The molecule has 1 fully saturated rings. The van der Waals surface area contributed by atoms with E-state index in [2.05, 4.69) is 17.4 Å². The van der Waals surface area contributed by atoms with E-state index < -0.39 is 5.54 Å². The molecule has 5 heteroatoms. The Bertz CT molecular complexity index is 364. The molecule has 0 aromatic heterocycles. The number of carbonyl (C=O) groups is 1. The van der Waals surface area contributed by atoms with Crippen LogP contribution in [0, 0.1) is 11.3 Å². The lowest BCUT2D eigenvalue weighted by atomic mass is 9.74. The molecule has 0 aromatic rings. The largest absolute Gasteiger partial charge is 0.409 e. The summed E-state index contributed by atoms with van der Waals surface area (Å²) < 4.78 is 0. The summed E-state index contributed by atoms with van der Waals surface area (Å²) in [5, 5.41) is 15.2. The van der Waals surface area contributed by atoms with Crippen molar-refractivity contribution in [3.63, 3.8) is 0 Å². The fraction of sp³-hybridized carbons (Fsp3) is 0.867. The van der Waals surface area contributed by atoms with Gasteiger partial charge in [-0.15, -0.1) is 0 Å². The highest BCUT2D eigenvalue weighted by atomic mass is 16.4. The zero-order chi connectivity index (χ0) is 15.4. The fourth-order valence-corrected chi connectivity index (χ4v) is 2.91. The monoisotopic (exact) mass is 283 g/mol.